The predicted octanol–water partition coefficient (Wildman–Crippen LogP) is 1.69. The average Bonchev–Trinajstić information content (AvgIpc) is 2.74. The van der Waals surface area contributed by atoms with Crippen molar-refractivity contribution in [2.75, 3.05) is 13.2 Å². The lowest BCUT2D eigenvalue weighted by molar-refractivity contribution is -0.0869. The van der Waals surface area contributed by atoms with Crippen LogP contribution >= 0.6 is 0 Å². The van der Waals surface area contributed by atoms with Gasteiger partial charge >= 0.3 is 0 Å². The van der Waals surface area contributed by atoms with E-state index in [1.165, 1.54) is 24.3 Å². The Labute approximate surface area is 187 Å². The minimum atomic E-state index is -4.00. The van der Waals surface area contributed by atoms with E-state index in [-0.39, 0.29) is 17.5 Å². The number of hydrogen-bond donors (Lipinski definition) is 3. The summed E-state index contributed by atoms with van der Waals surface area (Å²) in [5.41, 5.74) is 0.810. The van der Waals surface area contributed by atoms with Gasteiger partial charge in [0.05, 0.1) is 29.8 Å². The van der Waals surface area contributed by atoms with Crippen molar-refractivity contribution in [2.45, 2.75) is 54.2 Å². The van der Waals surface area contributed by atoms with Crippen LogP contribution in [0.5, 0.6) is 0 Å². The molecule has 0 aliphatic carbocycles. The Bertz CT molecular complexity index is 1140. The van der Waals surface area contributed by atoms with E-state index in [1.54, 1.807) is 25.1 Å². The summed E-state index contributed by atoms with van der Waals surface area (Å²) in [7, 11) is -7.78. The summed E-state index contributed by atoms with van der Waals surface area (Å²) in [5, 5.41) is 9.71. The molecule has 0 saturated carbocycles. The van der Waals surface area contributed by atoms with Crippen LogP contribution in [0, 0.1) is 12.7 Å². The van der Waals surface area contributed by atoms with Crippen molar-refractivity contribution in [3.63, 3.8) is 0 Å². The number of ether oxygens (including phenoxy) is 1. The zero-order valence-corrected chi connectivity index (χ0v) is 19.2. The summed E-state index contributed by atoms with van der Waals surface area (Å²) in [6.45, 7) is 1.42. The maximum Gasteiger partial charge on any atom is 0.243 e. The molecule has 32 heavy (non-hydrogen) atoms. The van der Waals surface area contributed by atoms with Crippen LogP contribution in [0.3, 0.4) is 0 Å². The summed E-state index contributed by atoms with van der Waals surface area (Å²) in [6, 6.07) is 11.0. The Morgan fingerprint density at radius 1 is 1.06 bits per heavy atom. The molecule has 2 aromatic carbocycles. The van der Waals surface area contributed by atoms with Crippen molar-refractivity contribution in [3.8, 4) is 0 Å². The molecule has 3 N–H and O–H groups in total. The third-order valence-electron chi connectivity index (χ3n) is 5.29. The van der Waals surface area contributed by atoms with E-state index in [2.05, 4.69) is 9.44 Å². The molecule has 0 unspecified atom stereocenters. The first-order valence-electron chi connectivity index (χ1n) is 10.2. The highest BCUT2D eigenvalue weighted by atomic mass is 32.2. The Kier molecular flexibility index (Phi) is 8.01. The summed E-state index contributed by atoms with van der Waals surface area (Å²) in [6.07, 6.45) is 0.0354. The number of halogens is 1. The largest absolute Gasteiger partial charge is 0.394 e. The maximum absolute atomic E-state index is 13.8. The standard InChI is InChI=1S/C21H27FN2O6S2/c1-15-5-4-6-17(13-15)31(26,27)24-19-10-9-16(30-20(19)14-25)11-12-23-32(28,29)21-8-3-2-7-18(21)22/h2-8,13,16,19-20,23-25H,9-12,14H2,1H3/t16-,19-,20+/m0/s1. The second-order valence-corrected chi connectivity index (χ2v) is 11.2. The lowest BCUT2D eigenvalue weighted by atomic mass is 9.98. The van der Waals surface area contributed by atoms with Crippen LogP contribution in [0.25, 0.3) is 0 Å². The summed E-state index contributed by atoms with van der Waals surface area (Å²) in [4.78, 5) is -0.290. The van der Waals surface area contributed by atoms with Gasteiger partial charge in [-0.25, -0.2) is 30.7 Å². The van der Waals surface area contributed by atoms with Gasteiger partial charge in [-0.1, -0.05) is 24.3 Å². The molecular weight excluding hydrogens is 459 g/mol. The fourth-order valence-electron chi connectivity index (χ4n) is 3.62. The highest BCUT2D eigenvalue weighted by molar-refractivity contribution is 7.89. The third kappa shape index (κ3) is 6.12. The maximum atomic E-state index is 13.8. The third-order valence-corrected chi connectivity index (χ3v) is 8.27. The van der Waals surface area contributed by atoms with Crippen LogP contribution in [0.1, 0.15) is 24.8 Å². The highest BCUT2D eigenvalue weighted by Crippen LogP contribution is 2.24. The van der Waals surface area contributed by atoms with Crippen LogP contribution in [0.4, 0.5) is 4.39 Å². The zero-order valence-electron chi connectivity index (χ0n) is 17.6. The van der Waals surface area contributed by atoms with E-state index in [1.807, 2.05) is 0 Å². The fraction of sp³-hybridized carbons (Fsp3) is 0.429. The minimum Gasteiger partial charge on any atom is -0.394 e. The van der Waals surface area contributed by atoms with Gasteiger partial charge in [-0.15, -0.1) is 0 Å². The van der Waals surface area contributed by atoms with E-state index in [9.17, 15) is 26.3 Å². The van der Waals surface area contributed by atoms with Gasteiger partial charge in [0, 0.05) is 6.54 Å². The van der Waals surface area contributed by atoms with Crippen LogP contribution in [-0.4, -0.2) is 53.3 Å². The van der Waals surface area contributed by atoms with Gasteiger partial charge in [0.1, 0.15) is 10.7 Å². The lowest BCUT2D eigenvalue weighted by Crippen LogP contribution is -2.51. The Hall–Kier alpha value is -1.89. The van der Waals surface area contributed by atoms with E-state index in [4.69, 9.17) is 4.74 Å². The molecule has 0 radical (unpaired) electrons. The van der Waals surface area contributed by atoms with E-state index in [0.717, 1.165) is 11.6 Å². The molecule has 0 bridgehead atoms. The van der Waals surface area contributed by atoms with Crippen molar-refractivity contribution in [1.82, 2.24) is 9.44 Å². The quantitative estimate of drug-likeness (QED) is 0.496. The predicted molar refractivity (Wildman–Crippen MR) is 116 cm³/mol. The highest BCUT2D eigenvalue weighted by Gasteiger charge is 2.34. The van der Waals surface area contributed by atoms with Gasteiger partial charge in [-0.3, -0.25) is 0 Å². The molecule has 1 aliphatic rings. The van der Waals surface area contributed by atoms with Gasteiger partial charge in [-0.2, -0.15) is 0 Å². The molecular formula is C21H27FN2O6S2. The molecule has 2 aromatic rings. The van der Waals surface area contributed by atoms with Gasteiger partial charge in [0.15, 0.2) is 0 Å². The number of hydrogen-bond acceptors (Lipinski definition) is 6. The van der Waals surface area contributed by atoms with Crippen molar-refractivity contribution >= 4 is 20.0 Å². The molecule has 176 valence electrons. The van der Waals surface area contributed by atoms with Crippen molar-refractivity contribution in [2.24, 2.45) is 0 Å². The first-order chi connectivity index (χ1) is 15.1. The van der Waals surface area contributed by atoms with Gasteiger partial charge in [0.2, 0.25) is 20.0 Å². The Balaban J connectivity index is 1.56. The molecule has 0 amide bonds. The van der Waals surface area contributed by atoms with Gasteiger partial charge in [0.25, 0.3) is 0 Å². The van der Waals surface area contributed by atoms with Crippen LogP contribution < -0.4 is 9.44 Å². The van der Waals surface area contributed by atoms with E-state index < -0.39 is 49.5 Å². The van der Waals surface area contributed by atoms with Gasteiger partial charge < -0.3 is 9.84 Å². The molecule has 1 fully saturated rings. The van der Waals surface area contributed by atoms with Crippen LogP contribution in [-0.2, 0) is 24.8 Å². The molecule has 3 rings (SSSR count). The SMILES string of the molecule is Cc1cccc(S(=O)(=O)N[C@H]2CC[C@@H](CCNS(=O)(=O)c3ccccc3F)O[C@@H]2CO)c1. The summed E-state index contributed by atoms with van der Waals surface area (Å²) < 4.78 is 74.4. The second kappa shape index (κ2) is 10.4. The topological polar surface area (TPSA) is 122 Å². The molecule has 0 aromatic heterocycles. The molecule has 11 heteroatoms. The Morgan fingerprint density at radius 2 is 1.81 bits per heavy atom. The zero-order chi connectivity index (χ0) is 23.4. The number of aryl methyl sites for hydroxylation is 1. The van der Waals surface area contributed by atoms with Crippen LogP contribution in [0.2, 0.25) is 0 Å². The fourth-order valence-corrected chi connectivity index (χ4v) is 6.15. The summed E-state index contributed by atoms with van der Waals surface area (Å²) in [5.74, 6) is -0.835. The summed E-state index contributed by atoms with van der Waals surface area (Å²) >= 11 is 0. The first-order valence-corrected chi connectivity index (χ1v) is 13.2. The van der Waals surface area contributed by atoms with Crippen molar-refractivity contribution < 1.29 is 31.1 Å². The number of sulfonamides is 2. The second-order valence-electron chi connectivity index (χ2n) is 7.72. The monoisotopic (exact) mass is 486 g/mol. The smallest absolute Gasteiger partial charge is 0.243 e. The Morgan fingerprint density at radius 3 is 2.50 bits per heavy atom. The number of aliphatic hydroxyl groups excluding tert-OH is 1. The van der Waals surface area contributed by atoms with Crippen molar-refractivity contribution in [3.05, 3.63) is 59.9 Å². The molecule has 0 spiro atoms. The van der Waals surface area contributed by atoms with E-state index >= 15 is 0 Å². The number of nitrogens with one attached hydrogen (secondary N) is 2. The van der Waals surface area contributed by atoms with Crippen LogP contribution in [0.15, 0.2) is 58.3 Å². The first kappa shape index (κ1) is 24.7. The number of aliphatic hydroxyl groups is 1. The molecule has 1 heterocycles. The number of rotatable bonds is 9. The van der Waals surface area contributed by atoms with Crippen molar-refractivity contribution in [1.29, 1.82) is 0 Å². The lowest BCUT2D eigenvalue weighted by Gasteiger charge is -2.36. The molecule has 3 atom stereocenters. The minimum absolute atomic E-state index is 0.0131. The van der Waals surface area contributed by atoms with Gasteiger partial charge in [-0.05, 0) is 56.0 Å². The molecule has 8 nitrogen and oxygen atoms in total. The normalized spacial score (nSPS) is 22.0. The number of benzene rings is 2. The van der Waals surface area contributed by atoms with E-state index in [0.29, 0.717) is 19.3 Å². The molecule has 1 saturated heterocycles. The average molecular weight is 487 g/mol. The molecule has 1 aliphatic heterocycles.